The first-order valence-corrected chi connectivity index (χ1v) is 2.64. The summed E-state index contributed by atoms with van der Waals surface area (Å²) < 4.78 is 0.917. The molecule has 52 valence electrons. The van der Waals surface area contributed by atoms with Crippen LogP contribution in [0.3, 0.4) is 0 Å². The lowest BCUT2D eigenvalue weighted by Gasteiger charge is -2.25. The van der Waals surface area contributed by atoms with Gasteiger partial charge in [-0.3, -0.25) is 5.73 Å². The SMILES string of the molecule is CC[N+](C)(C)CN.[Cl-]. The first kappa shape index (κ1) is 11.1. The molecule has 0 unspecified atom stereocenters. The maximum atomic E-state index is 5.39. The average molecular weight is 139 g/mol. The van der Waals surface area contributed by atoms with Gasteiger partial charge >= 0.3 is 0 Å². The van der Waals surface area contributed by atoms with Crippen molar-refractivity contribution in [3.05, 3.63) is 0 Å². The number of quaternary nitrogens is 1. The lowest BCUT2D eigenvalue weighted by Crippen LogP contribution is -3.00. The van der Waals surface area contributed by atoms with Crippen LogP contribution >= 0.6 is 0 Å². The molecule has 0 saturated carbocycles. The summed E-state index contributed by atoms with van der Waals surface area (Å²) in [7, 11) is 4.22. The van der Waals surface area contributed by atoms with E-state index < -0.39 is 0 Å². The highest BCUT2D eigenvalue weighted by atomic mass is 35.5. The summed E-state index contributed by atoms with van der Waals surface area (Å²) in [6.07, 6.45) is 0. The zero-order valence-electron chi connectivity index (χ0n) is 5.82. The molecule has 0 aromatic carbocycles. The topological polar surface area (TPSA) is 26.0 Å². The van der Waals surface area contributed by atoms with Gasteiger partial charge in [0.15, 0.2) is 0 Å². The van der Waals surface area contributed by atoms with Gasteiger partial charge in [-0.1, -0.05) is 0 Å². The second-order valence-corrected chi connectivity index (χ2v) is 2.43. The van der Waals surface area contributed by atoms with Gasteiger partial charge < -0.3 is 16.9 Å². The normalized spacial score (nSPS) is 10.5. The zero-order valence-corrected chi connectivity index (χ0v) is 6.57. The Hall–Kier alpha value is 0.210. The van der Waals surface area contributed by atoms with Gasteiger partial charge in [0.25, 0.3) is 0 Å². The van der Waals surface area contributed by atoms with E-state index >= 15 is 0 Å². The molecule has 0 amide bonds. The van der Waals surface area contributed by atoms with Crippen LogP contribution in [-0.2, 0) is 0 Å². The average Bonchev–Trinajstić information content (AvgIpc) is 1.68. The van der Waals surface area contributed by atoms with Crippen molar-refractivity contribution < 1.29 is 16.9 Å². The number of nitrogens with two attached hydrogens (primary N) is 1. The van der Waals surface area contributed by atoms with Gasteiger partial charge in [-0.2, -0.15) is 0 Å². The van der Waals surface area contributed by atoms with Crippen LogP contribution in [-0.4, -0.2) is 31.8 Å². The van der Waals surface area contributed by atoms with E-state index in [9.17, 15) is 0 Å². The molecule has 0 aliphatic heterocycles. The third-order valence-electron chi connectivity index (χ3n) is 1.35. The summed E-state index contributed by atoms with van der Waals surface area (Å²) in [5.74, 6) is 0. The van der Waals surface area contributed by atoms with Crippen LogP contribution in [0.25, 0.3) is 0 Å². The van der Waals surface area contributed by atoms with Gasteiger partial charge in [0.05, 0.1) is 20.6 Å². The van der Waals surface area contributed by atoms with Crippen LogP contribution in [0.5, 0.6) is 0 Å². The Balaban J connectivity index is 0. The zero-order chi connectivity index (χ0) is 5.91. The number of rotatable bonds is 2. The second-order valence-electron chi connectivity index (χ2n) is 2.43. The van der Waals surface area contributed by atoms with Crippen molar-refractivity contribution in [2.24, 2.45) is 5.73 Å². The van der Waals surface area contributed by atoms with Crippen LogP contribution in [0.4, 0.5) is 0 Å². The molecule has 0 radical (unpaired) electrons. The van der Waals surface area contributed by atoms with Crippen LogP contribution < -0.4 is 18.1 Å². The molecule has 0 aromatic heterocycles. The molecule has 0 atom stereocenters. The summed E-state index contributed by atoms with van der Waals surface area (Å²) in [6.45, 7) is 3.97. The van der Waals surface area contributed by atoms with E-state index in [1.54, 1.807) is 0 Å². The standard InChI is InChI=1S/C5H15N2.ClH/c1-4-7(2,3)5-6;/h4-6H2,1-3H3;1H/q+1;/p-1. The van der Waals surface area contributed by atoms with E-state index in [-0.39, 0.29) is 12.4 Å². The molecule has 0 heterocycles. The smallest absolute Gasteiger partial charge is 0.129 e. The second kappa shape index (κ2) is 4.13. The maximum absolute atomic E-state index is 5.39. The van der Waals surface area contributed by atoms with Crippen molar-refractivity contribution in [1.29, 1.82) is 0 Å². The Kier molecular flexibility index (Phi) is 5.71. The molecule has 0 saturated heterocycles. The lowest BCUT2D eigenvalue weighted by atomic mass is 10.5. The first-order valence-electron chi connectivity index (χ1n) is 2.64. The van der Waals surface area contributed by atoms with E-state index in [2.05, 4.69) is 21.0 Å². The van der Waals surface area contributed by atoms with E-state index in [4.69, 9.17) is 5.73 Å². The minimum Gasteiger partial charge on any atom is -1.00 e. The van der Waals surface area contributed by atoms with Gasteiger partial charge in [-0.05, 0) is 6.92 Å². The van der Waals surface area contributed by atoms with Crippen molar-refractivity contribution in [2.75, 3.05) is 27.3 Å². The van der Waals surface area contributed by atoms with Crippen LogP contribution in [0.15, 0.2) is 0 Å². The van der Waals surface area contributed by atoms with E-state index in [0.717, 1.165) is 17.7 Å². The van der Waals surface area contributed by atoms with E-state index in [1.165, 1.54) is 0 Å². The van der Waals surface area contributed by atoms with E-state index in [0.29, 0.717) is 0 Å². The lowest BCUT2D eigenvalue weighted by molar-refractivity contribution is -0.888. The molecule has 0 aliphatic rings. The predicted molar refractivity (Wildman–Crippen MR) is 31.7 cm³/mol. The highest BCUT2D eigenvalue weighted by molar-refractivity contribution is 4.15. The monoisotopic (exact) mass is 138 g/mol. The number of halogens is 1. The van der Waals surface area contributed by atoms with Crippen molar-refractivity contribution in [1.82, 2.24) is 0 Å². The Morgan fingerprint density at radius 3 is 1.75 bits per heavy atom. The Bertz CT molecular complexity index is 48.4. The van der Waals surface area contributed by atoms with Crippen molar-refractivity contribution >= 4 is 0 Å². The van der Waals surface area contributed by atoms with Crippen LogP contribution in [0.1, 0.15) is 6.92 Å². The third kappa shape index (κ3) is 4.37. The summed E-state index contributed by atoms with van der Waals surface area (Å²) in [5.41, 5.74) is 5.39. The molecule has 8 heavy (non-hydrogen) atoms. The van der Waals surface area contributed by atoms with Crippen LogP contribution in [0.2, 0.25) is 0 Å². The summed E-state index contributed by atoms with van der Waals surface area (Å²) in [5, 5.41) is 0. The van der Waals surface area contributed by atoms with E-state index in [1.807, 2.05) is 0 Å². The molecule has 0 fully saturated rings. The van der Waals surface area contributed by atoms with Gasteiger partial charge in [-0.15, -0.1) is 0 Å². The fourth-order valence-electron chi connectivity index (χ4n) is 0.129. The summed E-state index contributed by atoms with van der Waals surface area (Å²) >= 11 is 0. The first-order chi connectivity index (χ1) is 3.12. The number of hydrogen-bond acceptors (Lipinski definition) is 1. The van der Waals surface area contributed by atoms with Crippen LogP contribution in [0, 0.1) is 0 Å². The van der Waals surface area contributed by atoms with Gasteiger partial charge in [0.2, 0.25) is 0 Å². The molecule has 0 aromatic rings. The highest BCUT2D eigenvalue weighted by Crippen LogP contribution is 1.87. The minimum absolute atomic E-state index is 0. The summed E-state index contributed by atoms with van der Waals surface area (Å²) in [6, 6.07) is 0. The molecule has 2 nitrogen and oxygen atoms in total. The van der Waals surface area contributed by atoms with Crippen molar-refractivity contribution in [3.63, 3.8) is 0 Å². The van der Waals surface area contributed by atoms with Gasteiger partial charge in [0.1, 0.15) is 6.67 Å². The third-order valence-corrected chi connectivity index (χ3v) is 1.35. The molecule has 3 heteroatoms. The number of nitrogens with zero attached hydrogens (tertiary/aromatic N) is 1. The Morgan fingerprint density at radius 2 is 1.75 bits per heavy atom. The van der Waals surface area contributed by atoms with Crippen molar-refractivity contribution in [2.45, 2.75) is 6.92 Å². The van der Waals surface area contributed by atoms with Gasteiger partial charge in [-0.25, -0.2) is 0 Å². The fraction of sp³-hybridized carbons (Fsp3) is 1.00. The highest BCUT2D eigenvalue weighted by Gasteiger charge is 2.05. The fourth-order valence-corrected chi connectivity index (χ4v) is 0.129. The largest absolute Gasteiger partial charge is 1.00 e. The molecule has 0 bridgehead atoms. The summed E-state index contributed by atoms with van der Waals surface area (Å²) in [4.78, 5) is 0. The predicted octanol–water partition coefficient (Wildman–Crippen LogP) is -3.00. The molecule has 0 aliphatic carbocycles. The number of hydrogen-bond donors (Lipinski definition) is 1. The Morgan fingerprint density at radius 1 is 1.38 bits per heavy atom. The molecule has 0 rings (SSSR count). The quantitative estimate of drug-likeness (QED) is 0.320. The molecule has 0 spiro atoms. The Labute approximate surface area is 57.7 Å². The van der Waals surface area contributed by atoms with Crippen molar-refractivity contribution in [3.8, 4) is 0 Å². The molecule has 2 N–H and O–H groups in total. The molecular formula is C5H15ClN2. The minimum atomic E-state index is 0. The van der Waals surface area contributed by atoms with Gasteiger partial charge in [0, 0.05) is 0 Å². The molecular weight excluding hydrogens is 124 g/mol. The maximum Gasteiger partial charge on any atom is 0.129 e.